The summed E-state index contributed by atoms with van der Waals surface area (Å²) in [5, 5.41) is 7.98. The van der Waals surface area contributed by atoms with E-state index >= 15 is 0 Å². The average molecular weight is 511 g/mol. The lowest BCUT2D eigenvalue weighted by Gasteiger charge is -2.28. The number of ether oxygens (including phenoxy) is 1. The monoisotopic (exact) mass is 511 g/mol. The van der Waals surface area contributed by atoms with Crippen molar-refractivity contribution in [3.05, 3.63) is 58.5 Å². The lowest BCUT2D eigenvalue weighted by Crippen LogP contribution is -2.52. The Kier molecular flexibility index (Phi) is 5.37. The molecule has 2 saturated heterocycles. The van der Waals surface area contributed by atoms with Gasteiger partial charge in [-0.15, -0.1) is 0 Å². The van der Waals surface area contributed by atoms with Gasteiger partial charge in [0.15, 0.2) is 22.7 Å². The number of furan rings is 1. The van der Waals surface area contributed by atoms with Gasteiger partial charge in [-0.05, 0) is 37.6 Å². The molecule has 4 amide bonds. The summed E-state index contributed by atoms with van der Waals surface area (Å²) in [5.41, 5.74) is -0.802. The molecule has 6 rings (SSSR count). The third-order valence-electron chi connectivity index (χ3n) is 7.27. The van der Waals surface area contributed by atoms with E-state index in [-0.39, 0.29) is 41.7 Å². The Hall–Kier alpha value is -4.06. The van der Waals surface area contributed by atoms with E-state index in [1.54, 1.807) is 6.07 Å². The first-order valence-electron chi connectivity index (χ1n) is 11.9. The van der Waals surface area contributed by atoms with Gasteiger partial charge in [0, 0.05) is 24.6 Å². The van der Waals surface area contributed by atoms with Gasteiger partial charge in [0.25, 0.3) is 11.8 Å². The van der Waals surface area contributed by atoms with E-state index in [2.05, 4.69) is 20.9 Å². The Morgan fingerprint density at radius 3 is 2.68 bits per heavy atom. The number of fused-ring (bicyclic) bond motifs is 2. The molecule has 2 aromatic heterocycles. The van der Waals surface area contributed by atoms with Crippen molar-refractivity contribution < 1.29 is 32.3 Å². The molecule has 3 aliphatic rings. The van der Waals surface area contributed by atoms with Crippen LogP contribution in [-0.4, -0.2) is 54.5 Å². The molecule has 1 atom stereocenters. The molecule has 0 bridgehead atoms. The number of nitrogens with zero attached hydrogens (tertiary/aromatic N) is 2. The molecule has 3 aliphatic heterocycles. The molecule has 5 heterocycles. The van der Waals surface area contributed by atoms with E-state index in [4.69, 9.17) is 9.15 Å². The predicted octanol–water partition coefficient (Wildman–Crippen LogP) is 2.27. The maximum atomic E-state index is 15.0. The number of piperidine rings is 1. The van der Waals surface area contributed by atoms with Gasteiger partial charge in [-0.2, -0.15) is 0 Å². The van der Waals surface area contributed by atoms with Gasteiger partial charge in [0.2, 0.25) is 0 Å². The van der Waals surface area contributed by atoms with E-state index in [9.17, 15) is 23.2 Å². The first-order valence-corrected chi connectivity index (χ1v) is 11.9. The highest BCUT2D eigenvalue weighted by Gasteiger charge is 2.53. The number of pyridine rings is 1. The SMILES string of the molecule is COc1ccc2c(c1F)C(=O)N(C[C@@]1(c3cc4nc(C5CCNCC5)c(F)cc4o3)NC(=O)NC1=O)C2. The summed E-state index contributed by atoms with van der Waals surface area (Å²) in [6.07, 6.45) is 1.48. The highest BCUT2D eigenvalue weighted by Crippen LogP contribution is 2.37. The molecule has 0 unspecified atom stereocenters. The zero-order chi connectivity index (χ0) is 25.9. The fraction of sp³-hybridized carbons (Fsp3) is 0.360. The van der Waals surface area contributed by atoms with Crippen LogP contribution < -0.4 is 20.7 Å². The number of hydrogen-bond acceptors (Lipinski definition) is 7. The van der Waals surface area contributed by atoms with Crippen LogP contribution in [0.1, 0.15) is 46.1 Å². The number of benzene rings is 1. The lowest BCUT2D eigenvalue weighted by molar-refractivity contribution is -0.125. The molecular formula is C25H23F2N5O5. The molecule has 3 N–H and O–H groups in total. The highest BCUT2D eigenvalue weighted by molar-refractivity contribution is 6.08. The Morgan fingerprint density at radius 2 is 1.97 bits per heavy atom. The average Bonchev–Trinajstić information content (AvgIpc) is 3.53. The summed E-state index contributed by atoms with van der Waals surface area (Å²) in [5.74, 6) is -2.86. The van der Waals surface area contributed by atoms with Crippen molar-refractivity contribution in [1.82, 2.24) is 25.8 Å². The van der Waals surface area contributed by atoms with Gasteiger partial charge in [0.1, 0.15) is 17.1 Å². The number of rotatable bonds is 5. The predicted molar refractivity (Wildman–Crippen MR) is 125 cm³/mol. The van der Waals surface area contributed by atoms with Crippen LogP contribution in [0.25, 0.3) is 11.1 Å². The van der Waals surface area contributed by atoms with Crippen LogP contribution in [-0.2, 0) is 16.9 Å². The topological polar surface area (TPSA) is 126 Å². The van der Waals surface area contributed by atoms with Crippen LogP contribution in [0.3, 0.4) is 0 Å². The molecule has 3 aromatic rings. The molecular weight excluding hydrogens is 488 g/mol. The number of methoxy groups -OCH3 is 1. The van der Waals surface area contributed by atoms with Gasteiger partial charge in [-0.3, -0.25) is 14.9 Å². The summed E-state index contributed by atoms with van der Waals surface area (Å²) in [6.45, 7) is 1.18. The van der Waals surface area contributed by atoms with Crippen molar-refractivity contribution in [1.29, 1.82) is 0 Å². The number of carbonyl (C=O) groups excluding carboxylic acids is 3. The van der Waals surface area contributed by atoms with Crippen LogP contribution in [0.4, 0.5) is 13.6 Å². The van der Waals surface area contributed by atoms with Crippen LogP contribution in [0.5, 0.6) is 5.75 Å². The fourth-order valence-electron chi connectivity index (χ4n) is 5.37. The number of hydrogen-bond donors (Lipinski definition) is 3. The van der Waals surface area contributed by atoms with Crippen LogP contribution >= 0.6 is 0 Å². The molecule has 0 radical (unpaired) electrons. The van der Waals surface area contributed by atoms with E-state index in [0.717, 1.165) is 25.9 Å². The highest BCUT2D eigenvalue weighted by atomic mass is 19.1. The fourth-order valence-corrected chi connectivity index (χ4v) is 5.37. The maximum Gasteiger partial charge on any atom is 0.322 e. The Morgan fingerprint density at radius 1 is 1.19 bits per heavy atom. The molecule has 192 valence electrons. The quantitative estimate of drug-likeness (QED) is 0.449. The standard InChI is InChI=1S/C25H23F2N5O5/c1-36-16-3-2-13-10-32(22(33)19(13)20(16)27)11-25(23(34)30-24(35)31-25)18-9-15-17(37-18)8-14(26)21(29-15)12-4-6-28-7-5-12/h2-3,8-9,12,28H,4-7,10-11H2,1H3,(H2,30,31,34,35)/t25-/m0/s1. The van der Waals surface area contributed by atoms with E-state index < -0.39 is 35.0 Å². The number of halogens is 2. The van der Waals surface area contributed by atoms with Crippen LogP contribution in [0, 0.1) is 11.6 Å². The van der Waals surface area contributed by atoms with Crippen molar-refractivity contribution in [2.45, 2.75) is 30.8 Å². The zero-order valence-corrected chi connectivity index (χ0v) is 19.8. The van der Waals surface area contributed by atoms with E-state index in [1.165, 1.54) is 30.2 Å². The van der Waals surface area contributed by atoms with Gasteiger partial charge in [-0.25, -0.2) is 18.6 Å². The minimum absolute atomic E-state index is 0.00690. The molecule has 0 aliphatic carbocycles. The molecule has 2 fully saturated rings. The largest absolute Gasteiger partial charge is 0.494 e. The number of urea groups is 1. The lowest BCUT2D eigenvalue weighted by atomic mass is 9.93. The Bertz CT molecular complexity index is 1470. The second-order valence-corrected chi connectivity index (χ2v) is 9.46. The second-order valence-electron chi connectivity index (χ2n) is 9.46. The third kappa shape index (κ3) is 3.62. The number of aromatic nitrogens is 1. The molecule has 10 nitrogen and oxygen atoms in total. The minimum atomic E-state index is -1.82. The number of imide groups is 1. The van der Waals surface area contributed by atoms with Crippen molar-refractivity contribution in [3.63, 3.8) is 0 Å². The first-order chi connectivity index (χ1) is 17.8. The summed E-state index contributed by atoms with van der Waals surface area (Å²) >= 11 is 0. The van der Waals surface area contributed by atoms with Gasteiger partial charge in [0.05, 0.1) is 24.9 Å². The summed E-state index contributed by atoms with van der Waals surface area (Å²) in [7, 11) is 1.30. The van der Waals surface area contributed by atoms with E-state index in [0.29, 0.717) is 16.8 Å². The second kappa shape index (κ2) is 8.51. The zero-order valence-electron chi connectivity index (χ0n) is 19.8. The molecule has 37 heavy (non-hydrogen) atoms. The van der Waals surface area contributed by atoms with E-state index in [1.807, 2.05) is 0 Å². The number of nitrogens with one attached hydrogen (secondary N) is 3. The number of carbonyl (C=O) groups is 3. The van der Waals surface area contributed by atoms with Gasteiger partial charge < -0.3 is 24.7 Å². The van der Waals surface area contributed by atoms with Crippen LogP contribution in [0.2, 0.25) is 0 Å². The number of amides is 4. The smallest absolute Gasteiger partial charge is 0.322 e. The first kappa shape index (κ1) is 23.3. The van der Waals surface area contributed by atoms with Crippen molar-refractivity contribution in [2.24, 2.45) is 0 Å². The maximum absolute atomic E-state index is 15.0. The minimum Gasteiger partial charge on any atom is -0.494 e. The molecule has 12 heteroatoms. The molecule has 0 saturated carbocycles. The van der Waals surface area contributed by atoms with Gasteiger partial charge in [-0.1, -0.05) is 6.07 Å². The summed E-state index contributed by atoms with van der Waals surface area (Å²) < 4.78 is 40.7. The molecule has 0 spiro atoms. The van der Waals surface area contributed by atoms with Crippen molar-refractivity contribution in [3.8, 4) is 5.75 Å². The van der Waals surface area contributed by atoms with Crippen molar-refractivity contribution >= 4 is 28.9 Å². The van der Waals surface area contributed by atoms with Gasteiger partial charge >= 0.3 is 6.03 Å². The Balaban J connectivity index is 1.38. The molecule has 1 aromatic carbocycles. The normalized spacial score (nSPS) is 21.9. The third-order valence-corrected chi connectivity index (χ3v) is 7.27. The van der Waals surface area contributed by atoms with Crippen molar-refractivity contribution in [2.75, 3.05) is 26.7 Å². The Labute approximate surface area is 209 Å². The summed E-state index contributed by atoms with van der Waals surface area (Å²) in [6, 6.07) is 4.92. The van der Waals surface area contributed by atoms with Crippen LogP contribution in [0.15, 0.2) is 28.7 Å². The summed E-state index contributed by atoms with van der Waals surface area (Å²) in [4.78, 5) is 44.2.